The summed E-state index contributed by atoms with van der Waals surface area (Å²) in [6.07, 6.45) is 0. The normalized spacial score (nSPS) is 17.3. The molecule has 1 atom stereocenters. The van der Waals surface area contributed by atoms with Gasteiger partial charge in [0.2, 0.25) is 0 Å². The molecule has 1 fully saturated rings. The second kappa shape index (κ2) is 10.9. The number of aliphatic hydroxyl groups is 1. The van der Waals surface area contributed by atoms with Crippen molar-refractivity contribution < 1.29 is 33.6 Å². The lowest BCUT2D eigenvalue weighted by atomic mass is 9.94. The van der Waals surface area contributed by atoms with E-state index in [0.717, 1.165) is 0 Å². The van der Waals surface area contributed by atoms with E-state index in [4.69, 9.17) is 18.9 Å². The van der Waals surface area contributed by atoms with Crippen LogP contribution in [0.1, 0.15) is 31.0 Å². The number of rotatable bonds is 10. The number of ether oxygens (including phenoxy) is 4. The first-order valence-electron chi connectivity index (χ1n) is 10.8. The summed E-state index contributed by atoms with van der Waals surface area (Å²) in [6, 6.07) is 11.2. The zero-order valence-electron chi connectivity index (χ0n) is 19.3. The lowest BCUT2D eigenvalue weighted by Crippen LogP contribution is -2.32. The van der Waals surface area contributed by atoms with Crippen LogP contribution in [0, 0.1) is 0 Å². The molecule has 1 heterocycles. The molecule has 176 valence electrons. The van der Waals surface area contributed by atoms with Gasteiger partial charge in [-0.2, -0.15) is 0 Å². The van der Waals surface area contributed by atoms with Gasteiger partial charge in [0.1, 0.15) is 23.0 Å². The van der Waals surface area contributed by atoms with Crippen LogP contribution in [0.15, 0.2) is 48.0 Å². The Bertz CT molecular complexity index is 1050. The molecule has 1 saturated heterocycles. The molecule has 8 nitrogen and oxygen atoms in total. The number of benzene rings is 2. The highest BCUT2D eigenvalue weighted by Crippen LogP contribution is 2.44. The molecule has 0 aromatic heterocycles. The van der Waals surface area contributed by atoms with Crippen molar-refractivity contribution in [3.05, 3.63) is 59.2 Å². The van der Waals surface area contributed by atoms with Gasteiger partial charge in [-0.3, -0.25) is 9.59 Å². The summed E-state index contributed by atoms with van der Waals surface area (Å²) < 4.78 is 21.9. The van der Waals surface area contributed by atoms with Crippen LogP contribution in [0.2, 0.25) is 0 Å². The van der Waals surface area contributed by atoms with Crippen molar-refractivity contribution in [1.29, 1.82) is 0 Å². The molecule has 1 aliphatic heterocycles. The Balaban J connectivity index is 2.22. The van der Waals surface area contributed by atoms with Crippen molar-refractivity contribution in [3.63, 3.8) is 0 Å². The van der Waals surface area contributed by atoms with Crippen molar-refractivity contribution in [1.82, 2.24) is 4.90 Å². The highest BCUT2D eigenvalue weighted by atomic mass is 16.5. The number of likely N-dealkylation sites (tertiary alicyclic amines) is 1. The molecular weight excluding hydrogens is 426 g/mol. The molecule has 1 aliphatic rings. The Morgan fingerprint density at radius 1 is 1.00 bits per heavy atom. The minimum absolute atomic E-state index is 0.0364. The highest BCUT2D eigenvalue weighted by molar-refractivity contribution is 6.46. The largest absolute Gasteiger partial charge is 0.507 e. The molecule has 0 bridgehead atoms. The fourth-order valence-electron chi connectivity index (χ4n) is 3.89. The quantitative estimate of drug-likeness (QED) is 0.333. The van der Waals surface area contributed by atoms with Gasteiger partial charge in [0.15, 0.2) is 0 Å². The first kappa shape index (κ1) is 24.1. The number of hydrogen-bond donors (Lipinski definition) is 1. The van der Waals surface area contributed by atoms with E-state index >= 15 is 0 Å². The van der Waals surface area contributed by atoms with E-state index in [9.17, 15) is 14.7 Å². The molecule has 0 saturated carbocycles. The summed E-state index contributed by atoms with van der Waals surface area (Å²) in [5.41, 5.74) is 0.844. The predicted octanol–water partition coefficient (Wildman–Crippen LogP) is 3.56. The number of Topliss-reactive ketones (excluding diaryl/α,β-unsaturated/α-hetero) is 1. The Morgan fingerprint density at radius 2 is 1.73 bits per heavy atom. The maximum Gasteiger partial charge on any atom is 0.295 e. The smallest absolute Gasteiger partial charge is 0.295 e. The van der Waals surface area contributed by atoms with Crippen LogP contribution in [-0.2, 0) is 14.3 Å². The minimum Gasteiger partial charge on any atom is -0.507 e. The number of methoxy groups -OCH3 is 2. The maximum absolute atomic E-state index is 13.2. The summed E-state index contributed by atoms with van der Waals surface area (Å²) >= 11 is 0. The van der Waals surface area contributed by atoms with Gasteiger partial charge in [-0.15, -0.1) is 0 Å². The van der Waals surface area contributed by atoms with Crippen LogP contribution in [0.3, 0.4) is 0 Å². The van der Waals surface area contributed by atoms with E-state index in [1.807, 2.05) is 13.8 Å². The van der Waals surface area contributed by atoms with Crippen LogP contribution >= 0.6 is 0 Å². The number of carbonyl (C=O) groups is 2. The summed E-state index contributed by atoms with van der Waals surface area (Å²) in [5, 5.41) is 11.4. The van der Waals surface area contributed by atoms with Gasteiger partial charge in [-0.1, -0.05) is 18.2 Å². The number of aliphatic hydroxyl groups excluding tert-OH is 1. The second-order valence-corrected chi connectivity index (χ2v) is 7.25. The lowest BCUT2D eigenvalue weighted by molar-refractivity contribution is -0.140. The standard InChI is InChI=1S/C25H29NO7/c1-5-32-16-11-12-18(20(15-16)33-6-2)23(27)21-22(17-9-7-8-10-19(17)31-4)26(13-14-30-3)25(29)24(21)28/h7-12,15,22,27H,5-6,13-14H2,1-4H3/b23-21+. The fraction of sp³-hybridized carbons (Fsp3) is 0.360. The molecule has 1 N–H and O–H groups in total. The van der Waals surface area contributed by atoms with Crippen LogP contribution in [0.5, 0.6) is 17.2 Å². The third kappa shape index (κ3) is 4.80. The lowest BCUT2D eigenvalue weighted by Gasteiger charge is -2.26. The maximum atomic E-state index is 13.2. The van der Waals surface area contributed by atoms with Crippen molar-refractivity contribution in [2.24, 2.45) is 0 Å². The summed E-state index contributed by atoms with van der Waals surface area (Å²) in [6.45, 7) is 4.88. The predicted molar refractivity (Wildman–Crippen MR) is 123 cm³/mol. The van der Waals surface area contributed by atoms with Gasteiger partial charge < -0.3 is 29.0 Å². The molecule has 1 unspecified atom stereocenters. The van der Waals surface area contributed by atoms with Gasteiger partial charge in [-0.05, 0) is 32.0 Å². The number of amides is 1. The van der Waals surface area contributed by atoms with Crippen LogP contribution < -0.4 is 14.2 Å². The third-order valence-corrected chi connectivity index (χ3v) is 5.33. The van der Waals surface area contributed by atoms with Crippen molar-refractivity contribution in [3.8, 4) is 17.2 Å². The van der Waals surface area contributed by atoms with E-state index in [2.05, 4.69) is 0 Å². The number of nitrogens with zero attached hydrogens (tertiary/aromatic N) is 1. The molecule has 0 radical (unpaired) electrons. The molecule has 1 amide bonds. The first-order chi connectivity index (χ1) is 16.0. The van der Waals surface area contributed by atoms with Crippen molar-refractivity contribution in [2.45, 2.75) is 19.9 Å². The molecule has 0 aliphatic carbocycles. The number of hydrogen-bond acceptors (Lipinski definition) is 7. The van der Waals surface area contributed by atoms with E-state index in [-0.39, 0.29) is 24.5 Å². The van der Waals surface area contributed by atoms with Crippen LogP contribution in [0.25, 0.3) is 5.76 Å². The minimum atomic E-state index is -0.850. The van der Waals surface area contributed by atoms with Crippen molar-refractivity contribution >= 4 is 17.4 Å². The number of para-hydroxylation sites is 1. The van der Waals surface area contributed by atoms with Crippen LogP contribution in [-0.4, -0.2) is 62.3 Å². The Hall–Kier alpha value is -3.52. The van der Waals surface area contributed by atoms with E-state index in [1.54, 1.807) is 42.5 Å². The molecular formula is C25H29NO7. The molecule has 2 aromatic carbocycles. The zero-order valence-corrected chi connectivity index (χ0v) is 19.3. The Morgan fingerprint density at radius 3 is 2.39 bits per heavy atom. The summed E-state index contributed by atoms with van der Waals surface area (Å²) in [4.78, 5) is 27.5. The number of ketones is 1. The average Bonchev–Trinajstić information content (AvgIpc) is 3.07. The Labute approximate surface area is 193 Å². The van der Waals surface area contributed by atoms with Gasteiger partial charge in [0, 0.05) is 25.3 Å². The zero-order chi connectivity index (χ0) is 24.0. The Kier molecular flexibility index (Phi) is 7.95. The molecule has 8 heteroatoms. The van der Waals surface area contributed by atoms with Gasteiger partial charge >= 0.3 is 0 Å². The summed E-state index contributed by atoms with van der Waals surface area (Å²) in [7, 11) is 3.03. The van der Waals surface area contributed by atoms with Crippen molar-refractivity contribution in [2.75, 3.05) is 40.6 Å². The van der Waals surface area contributed by atoms with Crippen LogP contribution in [0.4, 0.5) is 0 Å². The van der Waals surface area contributed by atoms with Gasteiger partial charge in [0.05, 0.1) is 44.1 Å². The molecule has 33 heavy (non-hydrogen) atoms. The second-order valence-electron chi connectivity index (χ2n) is 7.25. The van der Waals surface area contributed by atoms with E-state index in [0.29, 0.717) is 41.6 Å². The highest BCUT2D eigenvalue weighted by Gasteiger charge is 2.47. The monoisotopic (exact) mass is 455 g/mol. The van der Waals surface area contributed by atoms with Gasteiger partial charge in [-0.25, -0.2) is 0 Å². The fourth-order valence-corrected chi connectivity index (χ4v) is 3.89. The summed E-state index contributed by atoms with van der Waals surface area (Å²) in [5.74, 6) is -0.406. The third-order valence-electron chi connectivity index (χ3n) is 5.33. The molecule has 0 spiro atoms. The first-order valence-corrected chi connectivity index (χ1v) is 10.8. The number of carbonyl (C=O) groups excluding carboxylic acids is 2. The topological polar surface area (TPSA) is 94.5 Å². The SMILES string of the molecule is CCOc1ccc(/C(O)=C2\C(=O)C(=O)N(CCOC)C2c2ccccc2OC)c(OCC)c1. The van der Waals surface area contributed by atoms with Gasteiger partial charge in [0.25, 0.3) is 11.7 Å². The molecule has 3 rings (SSSR count). The molecule has 2 aromatic rings. The average molecular weight is 456 g/mol. The van der Waals surface area contributed by atoms with E-state index in [1.165, 1.54) is 19.1 Å². The van der Waals surface area contributed by atoms with E-state index < -0.39 is 17.7 Å².